The maximum absolute atomic E-state index is 11.8. The molecule has 5 nitrogen and oxygen atoms in total. The standard InChI is InChI=1S/C15H25N3O2/c1-3-9-16-15(14(19)20)8-4-5-13(15)7-11-18-12(2)6-10-17-18/h6,10,13,16H,3-5,7-9,11H2,1-2H3,(H,19,20). The molecule has 2 unspecified atom stereocenters. The molecular formula is C15H25N3O2. The summed E-state index contributed by atoms with van der Waals surface area (Å²) in [6, 6.07) is 1.98. The molecule has 1 fully saturated rings. The third-order valence-electron chi connectivity index (χ3n) is 4.51. The van der Waals surface area contributed by atoms with Gasteiger partial charge in [0.1, 0.15) is 5.54 Å². The van der Waals surface area contributed by atoms with Gasteiger partial charge in [-0.3, -0.25) is 9.48 Å². The number of aliphatic carboxylic acids is 1. The fraction of sp³-hybridized carbons (Fsp3) is 0.733. The van der Waals surface area contributed by atoms with Crippen molar-refractivity contribution in [1.82, 2.24) is 15.1 Å². The van der Waals surface area contributed by atoms with Gasteiger partial charge in [-0.1, -0.05) is 13.3 Å². The first kappa shape index (κ1) is 15.0. The molecule has 1 aliphatic carbocycles. The Kier molecular flexibility index (Phi) is 4.81. The fourth-order valence-corrected chi connectivity index (χ4v) is 3.32. The quantitative estimate of drug-likeness (QED) is 0.803. The van der Waals surface area contributed by atoms with Crippen LogP contribution in [-0.4, -0.2) is 32.9 Å². The van der Waals surface area contributed by atoms with Crippen molar-refractivity contribution >= 4 is 5.97 Å². The molecule has 0 spiro atoms. The van der Waals surface area contributed by atoms with E-state index < -0.39 is 11.5 Å². The van der Waals surface area contributed by atoms with Crippen LogP contribution in [0.3, 0.4) is 0 Å². The van der Waals surface area contributed by atoms with E-state index in [-0.39, 0.29) is 5.92 Å². The molecule has 0 amide bonds. The summed E-state index contributed by atoms with van der Waals surface area (Å²) in [5, 5.41) is 17.3. The fourth-order valence-electron chi connectivity index (χ4n) is 3.32. The Bertz CT molecular complexity index is 458. The zero-order valence-electron chi connectivity index (χ0n) is 12.4. The highest BCUT2D eigenvalue weighted by molar-refractivity contribution is 5.79. The zero-order chi connectivity index (χ0) is 14.6. The number of nitrogens with one attached hydrogen (secondary N) is 1. The van der Waals surface area contributed by atoms with E-state index in [1.54, 1.807) is 6.20 Å². The first-order valence-corrected chi connectivity index (χ1v) is 7.57. The number of hydrogen-bond acceptors (Lipinski definition) is 3. The van der Waals surface area contributed by atoms with Gasteiger partial charge in [0.15, 0.2) is 0 Å². The molecule has 0 aromatic carbocycles. The van der Waals surface area contributed by atoms with Crippen LogP contribution in [0.25, 0.3) is 0 Å². The third-order valence-corrected chi connectivity index (χ3v) is 4.51. The van der Waals surface area contributed by atoms with Gasteiger partial charge in [-0.25, -0.2) is 0 Å². The first-order chi connectivity index (χ1) is 9.60. The first-order valence-electron chi connectivity index (χ1n) is 7.57. The Morgan fingerprint density at radius 3 is 3.05 bits per heavy atom. The van der Waals surface area contributed by atoms with Crippen molar-refractivity contribution in [2.45, 2.75) is 58.0 Å². The second-order valence-corrected chi connectivity index (χ2v) is 5.78. The van der Waals surface area contributed by atoms with Crippen LogP contribution in [0.1, 0.15) is 44.7 Å². The van der Waals surface area contributed by atoms with E-state index in [2.05, 4.69) is 17.3 Å². The van der Waals surface area contributed by atoms with Crippen molar-refractivity contribution in [3.63, 3.8) is 0 Å². The van der Waals surface area contributed by atoms with E-state index in [9.17, 15) is 9.90 Å². The van der Waals surface area contributed by atoms with Crippen molar-refractivity contribution in [3.05, 3.63) is 18.0 Å². The average Bonchev–Trinajstić information content (AvgIpc) is 3.01. The molecule has 0 bridgehead atoms. The molecule has 5 heteroatoms. The number of hydrogen-bond donors (Lipinski definition) is 2. The number of rotatable bonds is 7. The highest BCUT2D eigenvalue weighted by atomic mass is 16.4. The van der Waals surface area contributed by atoms with Crippen LogP contribution in [0.2, 0.25) is 0 Å². The Labute approximate surface area is 120 Å². The minimum Gasteiger partial charge on any atom is -0.480 e. The van der Waals surface area contributed by atoms with Crippen LogP contribution >= 0.6 is 0 Å². The highest BCUT2D eigenvalue weighted by Crippen LogP contribution is 2.38. The molecule has 0 saturated heterocycles. The summed E-state index contributed by atoms with van der Waals surface area (Å²) in [5.74, 6) is -0.499. The van der Waals surface area contributed by atoms with Crippen molar-refractivity contribution in [1.29, 1.82) is 0 Å². The molecule has 2 atom stereocenters. The summed E-state index contributed by atoms with van der Waals surface area (Å²) < 4.78 is 1.96. The van der Waals surface area contributed by atoms with Gasteiger partial charge in [-0.15, -0.1) is 0 Å². The summed E-state index contributed by atoms with van der Waals surface area (Å²) in [6.45, 7) is 5.66. The van der Waals surface area contributed by atoms with Crippen molar-refractivity contribution < 1.29 is 9.90 Å². The van der Waals surface area contributed by atoms with Gasteiger partial charge in [0, 0.05) is 18.4 Å². The topological polar surface area (TPSA) is 67.2 Å². The number of nitrogens with zero attached hydrogens (tertiary/aromatic N) is 2. The molecule has 0 aliphatic heterocycles. The minimum absolute atomic E-state index is 0.190. The maximum Gasteiger partial charge on any atom is 0.324 e. The largest absolute Gasteiger partial charge is 0.480 e. The molecule has 2 rings (SSSR count). The Balaban J connectivity index is 2.04. The van der Waals surface area contributed by atoms with Crippen LogP contribution in [0.5, 0.6) is 0 Å². The lowest BCUT2D eigenvalue weighted by Gasteiger charge is -2.32. The number of carboxylic acid groups (broad SMARTS) is 1. The van der Waals surface area contributed by atoms with E-state index in [0.717, 1.165) is 50.9 Å². The van der Waals surface area contributed by atoms with Crippen LogP contribution in [0, 0.1) is 12.8 Å². The molecule has 1 aliphatic rings. The monoisotopic (exact) mass is 279 g/mol. The van der Waals surface area contributed by atoms with Crippen molar-refractivity contribution in [2.24, 2.45) is 5.92 Å². The molecule has 20 heavy (non-hydrogen) atoms. The lowest BCUT2D eigenvalue weighted by Crippen LogP contribution is -2.55. The van der Waals surface area contributed by atoms with Gasteiger partial charge in [0.2, 0.25) is 0 Å². The molecule has 1 heterocycles. The maximum atomic E-state index is 11.8. The lowest BCUT2D eigenvalue weighted by atomic mass is 9.84. The van der Waals surface area contributed by atoms with Crippen LogP contribution in [-0.2, 0) is 11.3 Å². The van der Waals surface area contributed by atoms with E-state index in [1.807, 2.05) is 17.7 Å². The summed E-state index contributed by atoms with van der Waals surface area (Å²) in [7, 11) is 0. The van der Waals surface area contributed by atoms with Crippen LogP contribution in [0.15, 0.2) is 12.3 Å². The van der Waals surface area contributed by atoms with E-state index in [4.69, 9.17) is 0 Å². The Morgan fingerprint density at radius 2 is 2.45 bits per heavy atom. The second-order valence-electron chi connectivity index (χ2n) is 5.78. The SMILES string of the molecule is CCCNC1(C(=O)O)CCCC1CCn1nccc1C. The summed E-state index contributed by atoms with van der Waals surface area (Å²) in [5.41, 5.74) is 0.405. The van der Waals surface area contributed by atoms with Gasteiger partial charge >= 0.3 is 5.97 Å². The van der Waals surface area contributed by atoms with Gasteiger partial charge in [-0.05, 0) is 51.1 Å². The molecular weight excluding hydrogens is 254 g/mol. The predicted octanol–water partition coefficient (Wildman–Crippen LogP) is 2.20. The predicted molar refractivity (Wildman–Crippen MR) is 77.6 cm³/mol. The highest BCUT2D eigenvalue weighted by Gasteiger charge is 2.48. The minimum atomic E-state index is -0.725. The number of aryl methyl sites for hydroxylation is 2. The zero-order valence-corrected chi connectivity index (χ0v) is 12.4. The van der Waals surface area contributed by atoms with Gasteiger partial charge < -0.3 is 10.4 Å². The Morgan fingerprint density at radius 1 is 1.65 bits per heavy atom. The number of carboxylic acids is 1. The molecule has 112 valence electrons. The molecule has 1 aromatic heterocycles. The van der Waals surface area contributed by atoms with Crippen LogP contribution < -0.4 is 5.32 Å². The van der Waals surface area contributed by atoms with Gasteiger partial charge in [-0.2, -0.15) is 5.10 Å². The molecule has 0 radical (unpaired) electrons. The molecule has 1 saturated carbocycles. The van der Waals surface area contributed by atoms with E-state index >= 15 is 0 Å². The summed E-state index contributed by atoms with van der Waals surface area (Å²) in [4.78, 5) is 11.8. The third kappa shape index (κ3) is 2.87. The average molecular weight is 279 g/mol. The molecule has 1 aromatic rings. The van der Waals surface area contributed by atoms with Gasteiger partial charge in [0.25, 0.3) is 0 Å². The van der Waals surface area contributed by atoms with Crippen molar-refractivity contribution in [2.75, 3.05) is 6.54 Å². The normalized spacial score (nSPS) is 26.0. The van der Waals surface area contributed by atoms with E-state index in [1.165, 1.54) is 0 Å². The van der Waals surface area contributed by atoms with Gasteiger partial charge in [0.05, 0.1) is 0 Å². The lowest BCUT2D eigenvalue weighted by molar-refractivity contribution is -0.146. The Hall–Kier alpha value is -1.36. The van der Waals surface area contributed by atoms with E-state index in [0.29, 0.717) is 0 Å². The van der Waals surface area contributed by atoms with Crippen LogP contribution in [0.4, 0.5) is 0 Å². The number of carbonyl (C=O) groups is 1. The molecule has 2 N–H and O–H groups in total. The summed E-state index contributed by atoms with van der Waals surface area (Å²) in [6.07, 6.45) is 6.34. The summed E-state index contributed by atoms with van der Waals surface area (Å²) >= 11 is 0. The van der Waals surface area contributed by atoms with Crippen molar-refractivity contribution in [3.8, 4) is 0 Å². The smallest absolute Gasteiger partial charge is 0.324 e. The number of aromatic nitrogens is 2. The second kappa shape index (κ2) is 6.39.